The third-order valence-corrected chi connectivity index (χ3v) is 5.67. The summed E-state index contributed by atoms with van der Waals surface area (Å²) in [6, 6.07) is 15.6. The lowest BCUT2D eigenvalue weighted by atomic mass is 9.87. The van der Waals surface area contributed by atoms with E-state index in [-0.39, 0.29) is 11.3 Å². The second-order valence-corrected chi connectivity index (χ2v) is 8.96. The summed E-state index contributed by atoms with van der Waals surface area (Å²) in [7, 11) is 1.72. The lowest BCUT2D eigenvalue weighted by Crippen LogP contribution is -2.26. The Bertz CT molecular complexity index is 911. The minimum Gasteiger partial charge on any atom is -0.286 e. The molecule has 2 aromatic carbocycles. The van der Waals surface area contributed by atoms with Gasteiger partial charge in [0.2, 0.25) is 5.13 Å². The molecule has 0 spiro atoms. The minimum absolute atomic E-state index is 0.108. The molecule has 1 amide bonds. The first-order valence-electron chi connectivity index (χ1n) is 8.24. The normalized spacial score (nSPS) is 11.4. The van der Waals surface area contributed by atoms with Crippen LogP contribution in [0.5, 0.6) is 0 Å². The monoisotopic (exact) mass is 429 g/mol. The van der Waals surface area contributed by atoms with Crippen LogP contribution in [0.25, 0.3) is 10.6 Å². The van der Waals surface area contributed by atoms with Crippen LogP contribution in [0.2, 0.25) is 0 Å². The van der Waals surface area contributed by atoms with Gasteiger partial charge >= 0.3 is 0 Å². The topological polar surface area (TPSA) is 46.1 Å². The molecule has 3 aromatic rings. The second-order valence-electron chi connectivity index (χ2n) is 7.09. The third-order valence-electron chi connectivity index (χ3n) is 4.09. The molecule has 0 unspecified atom stereocenters. The Morgan fingerprint density at radius 2 is 1.62 bits per heavy atom. The maximum atomic E-state index is 12.6. The number of carbonyl (C=O) groups is 1. The molecule has 0 bridgehead atoms. The van der Waals surface area contributed by atoms with Crippen molar-refractivity contribution >= 4 is 38.3 Å². The zero-order valence-electron chi connectivity index (χ0n) is 15.2. The maximum Gasteiger partial charge on any atom is 0.259 e. The molecule has 3 rings (SSSR count). The summed E-state index contributed by atoms with van der Waals surface area (Å²) >= 11 is 4.78. The fraction of sp³-hybridized carbons (Fsp3) is 0.250. The molecule has 4 nitrogen and oxygen atoms in total. The van der Waals surface area contributed by atoms with E-state index < -0.39 is 0 Å². The van der Waals surface area contributed by atoms with Crippen molar-refractivity contribution in [2.75, 3.05) is 11.9 Å². The number of hydrogen-bond acceptors (Lipinski definition) is 4. The van der Waals surface area contributed by atoms with Gasteiger partial charge in [-0.2, -0.15) is 0 Å². The van der Waals surface area contributed by atoms with Crippen LogP contribution in [0.15, 0.2) is 53.0 Å². The molecule has 0 N–H and O–H groups in total. The van der Waals surface area contributed by atoms with Gasteiger partial charge in [-0.1, -0.05) is 72.3 Å². The maximum absolute atomic E-state index is 12.6. The molecule has 134 valence electrons. The smallest absolute Gasteiger partial charge is 0.259 e. The van der Waals surface area contributed by atoms with E-state index in [1.165, 1.54) is 21.8 Å². The minimum atomic E-state index is -0.108. The number of benzene rings is 2. The van der Waals surface area contributed by atoms with Crippen LogP contribution >= 0.6 is 27.3 Å². The van der Waals surface area contributed by atoms with Crippen molar-refractivity contribution in [2.24, 2.45) is 0 Å². The Morgan fingerprint density at radius 3 is 2.19 bits per heavy atom. The number of hydrogen-bond donors (Lipinski definition) is 0. The van der Waals surface area contributed by atoms with Crippen LogP contribution in [0.1, 0.15) is 36.7 Å². The quantitative estimate of drug-likeness (QED) is 0.548. The van der Waals surface area contributed by atoms with Gasteiger partial charge < -0.3 is 0 Å². The molecule has 0 aliphatic carbocycles. The fourth-order valence-corrected chi connectivity index (χ4v) is 3.53. The summed E-state index contributed by atoms with van der Waals surface area (Å²) in [5.74, 6) is -0.108. The summed E-state index contributed by atoms with van der Waals surface area (Å²) in [6.07, 6.45) is 0. The van der Waals surface area contributed by atoms with E-state index in [0.29, 0.717) is 10.7 Å². The Labute approximate surface area is 166 Å². The lowest BCUT2D eigenvalue weighted by molar-refractivity contribution is 0.0993. The van der Waals surface area contributed by atoms with Crippen LogP contribution in [-0.2, 0) is 5.41 Å². The molecule has 0 radical (unpaired) electrons. The number of nitrogens with zero attached hydrogens (tertiary/aromatic N) is 3. The zero-order chi connectivity index (χ0) is 18.9. The molecule has 6 heteroatoms. The lowest BCUT2D eigenvalue weighted by Gasteiger charge is -2.18. The van der Waals surface area contributed by atoms with E-state index in [1.54, 1.807) is 19.2 Å². The average molecular weight is 430 g/mol. The average Bonchev–Trinajstić information content (AvgIpc) is 3.10. The third kappa shape index (κ3) is 4.02. The Hall–Kier alpha value is -2.05. The van der Waals surface area contributed by atoms with Gasteiger partial charge in [0.05, 0.1) is 0 Å². The molecule has 0 saturated heterocycles. The fourth-order valence-electron chi connectivity index (χ4n) is 2.45. The first kappa shape index (κ1) is 18.7. The van der Waals surface area contributed by atoms with E-state index in [2.05, 4.69) is 71.2 Å². The van der Waals surface area contributed by atoms with E-state index in [1.807, 2.05) is 12.1 Å². The molecule has 0 aliphatic rings. The van der Waals surface area contributed by atoms with E-state index in [4.69, 9.17) is 0 Å². The Kier molecular flexibility index (Phi) is 5.25. The summed E-state index contributed by atoms with van der Waals surface area (Å²) in [6.45, 7) is 6.56. The predicted octanol–water partition coefficient (Wildman–Crippen LogP) is 5.54. The van der Waals surface area contributed by atoms with Crippen LogP contribution in [0, 0.1) is 0 Å². The standard InChI is InChI=1S/C20H20BrN3OS/c1-20(2,3)15-9-5-13(6-10-15)17-22-23-19(26-17)24(4)18(25)14-7-11-16(21)12-8-14/h5-12H,1-4H3. The number of halogens is 1. The van der Waals surface area contributed by atoms with Gasteiger partial charge in [-0.15, -0.1) is 10.2 Å². The number of carbonyl (C=O) groups excluding carboxylic acids is 1. The predicted molar refractivity (Wildman–Crippen MR) is 111 cm³/mol. The van der Waals surface area contributed by atoms with Crippen molar-refractivity contribution in [1.29, 1.82) is 0 Å². The molecule has 0 fully saturated rings. The zero-order valence-corrected chi connectivity index (χ0v) is 17.6. The molecular weight excluding hydrogens is 410 g/mol. The summed E-state index contributed by atoms with van der Waals surface area (Å²) in [4.78, 5) is 14.1. The van der Waals surface area contributed by atoms with Crippen LogP contribution in [0.4, 0.5) is 5.13 Å². The molecule has 1 heterocycles. The Balaban J connectivity index is 1.80. The van der Waals surface area contributed by atoms with Crippen LogP contribution in [0.3, 0.4) is 0 Å². The number of amides is 1. The van der Waals surface area contributed by atoms with Gasteiger partial charge in [0.15, 0.2) is 0 Å². The summed E-state index contributed by atoms with van der Waals surface area (Å²) in [5, 5.41) is 9.83. The van der Waals surface area contributed by atoms with Crippen molar-refractivity contribution in [1.82, 2.24) is 10.2 Å². The van der Waals surface area contributed by atoms with Gasteiger partial charge in [0.25, 0.3) is 5.91 Å². The number of rotatable bonds is 3. The van der Waals surface area contributed by atoms with Crippen LogP contribution in [-0.4, -0.2) is 23.2 Å². The Morgan fingerprint density at radius 1 is 1.00 bits per heavy atom. The van der Waals surface area contributed by atoms with Crippen molar-refractivity contribution in [3.05, 3.63) is 64.1 Å². The van der Waals surface area contributed by atoms with E-state index >= 15 is 0 Å². The van der Waals surface area contributed by atoms with E-state index in [9.17, 15) is 4.79 Å². The summed E-state index contributed by atoms with van der Waals surface area (Å²) in [5.41, 5.74) is 3.00. The molecule has 26 heavy (non-hydrogen) atoms. The summed E-state index contributed by atoms with van der Waals surface area (Å²) < 4.78 is 0.939. The highest BCUT2D eigenvalue weighted by Gasteiger charge is 2.19. The number of aromatic nitrogens is 2. The first-order chi connectivity index (χ1) is 12.3. The molecule has 0 saturated carbocycles. The van der Waals surface area contributed by atoms with Gasteiger partial charge in [0, 0.05) is 22.6 Å². The van der Waals surface area contributed by atoms with Gasteiger partial charge in [0.1, 0.15) is 5.01 Å². The highest BCUT2D eigenvalue weighted by molar-refractivity contribution is 9.10. The highest BCUT2D eigenvalue weighted by Crippen LogP contribution is 2.31. The highest BCUT2D eigenvalue weighted by atomic mass is 79.9. The first-order valence-corrected chi connectivity index (χ1v) is 9.85. The van der Waals surface area contributed by atoms with Crippen molar-refractivity contribution < 1.29 is 4.79 Å². The van der Waals surface area contributed by atoms with Gasteiger partial charge in [-0.25, -0.2) is 0 Å². The number of anilines is 1. The SMILES string of the molecule is CN(C(=O)c1ccc(Br)cc1)c1nnc(-c2ccc(C(C)(C)C)cc2)s1. The van der Waals surface area contributed by atoms with E-state index in [0.717, 1.165) is 15.0 Å². The largest absolute Gasteiger partial charge is 0.286 e. The van der Waals surface area contributed by atoms with Crippen molar-refractivity contribution in [3.63, 3.8) is 0 Å². The van der Waals surface area contributed by atoms with Gasteiger partial charge in [-0.05, 0) is 35.2 Å². The molecule has 0 aliphatic heterocycles. The molecular formula is C20H20BrN3OS. The molecule has 1 aromatic heterocycles. The van der Waals surface area contributed by atoms with Gasteiger partial charge in [-0.3, -0.25) is 9.69 Å². The second kappa shape index (κ2) is 7.29. The molecule has 0 atom stereocenters. The van der Waals surface area contributed by atoms with Crippen LogP contribution < -0.4 is 4.90 Å². The van der Waals surface area contributed by atoms with Crippen molar-refractivity contribution in [2.45, 2.75) is 26.2 Å². The van der Waals surface area contributed by atoms with Crippen molar-refractivity contribution in [3.8, 4) is 10.6 Å².